The van der Waals surface area contributed by atoms with Crippen LogP contribution in [0.2, 0.25) is 0 Å². The number of rotatable bonds is 5. The lowest BCUT2D eigenvalue weighted by Crippen LogP contribution is -2.23. The van der Waals surface area contributed by atoms with E-state index in [-0.39, 0.29) is 5.82 Å². The average molecular weight is 277 g/mol. The Balaban J connectivity index is 2.24. The van der Waals surface area contributed by atoms with Crippen LogP contribution in [0.15, 0.2) is 29.0 Å². The van der Waals surface area contributed by atoms with Crippen molar-refractivity contribution in [3.8, 4) is 0 Å². The normalized spacial score (nSPS) is 12.6. The quantitative estimate of drug-likeness (QED) is 0.854. The predicted molar refractivity (Wildman–Crippen MR) is 80.3 cm³/mol. The van der Waals surface area contributed by atoms with Crippen LogP contribution in [0, 0.1) is 19.7 Å². The highest BCUT2D eigenvalue weighted by atomic mass is 32.1. The van der Waals surface area contributed by atoms with E-state index in [1.54, 1.807) is 23.5 Å². The van der Waals surface area contributed by atoms with Crippen LogP contribution in [0.5, 0.6) is 0 Å². The molecule has 102 valence electrons. The van der Waals surface area contributed by atoms with Gasteiger partial charge in [0.05, 0.1) is 0 Å². The number of halogens is 1. The molecule has 1 nitrogen and oxygen atoms in total. The highest BCUT2D eigenvalue weighted by Gasteiger charge is 2.15. The summed E-state index contributed by atoms with van der Waals surface area (Å²) in [7, 11) is 0. The van der Waals surface area contributed by atoms with E-state index in [0.717, 1.165) is 18.5 Å². The van der Waals surface area contributed by atoms with Crippen molar-refractivity contribution in [3.63, 3.8) is 0 Å². The molecule has 0 radical (unpaired) electrons. The van der Waals surface area contributed by atoms with Gasteiger partial charge in [-0.15, -0.1) is 0 Å². The second-order valence-corrected chi connectivity index (χ2v) is 5.64. The Morgan fingerprint density at radius 1 is 1.21 bits per heavy atom. The van der Waals surface area contributed by atoms with E-state index in [0.29, 0.717) is 6.04 Å². The van der Waals surface area contributed by atoms with Gasteiger partial charge in [0.25, 0.3) is 0 Å². The summed E-state index contributed by atoms with van der Waals surface area (Å²) in [5.41, 5.74) is 4.92. The lowest BCUT2D eigenvalue weighted by molar-refractivity contribution is 0.546. The van der Waals surface area contributed by atoms with Crippen molar-refractivity contribution in [1.29, 1.82) is 0 Å². The largest absolute Gasteiger partial charge is 0.310 e. The Labute approximate surface area is 118 Å². The first-order valence-corrected chi connectivity index (χ1v) is 7.57. The molecule has 0 aliphatic heterocycles. The summed E-state index contributed by atoms with van der Waals surface area (Å²) >= 11 is 1.74. The van der Waals surface area contributed by atoms with Crippen LogP contribution < -0.4 is 5.32 Å². The molecule has 1 aromatic heterocycles. The first kappa shape index (κ1) is 14.2. The van der Waals surface area contributed by atoms with Crippen LogP contribution in [0.3, 0.4) is 0 Å². The predicted octanol–water partition coefficient (Wildman–Crippen LogP) is 4.40. The molecule has 2 rings (SSSR count). The zero-order valence-electron chi connectivity index (χ0n) is 11.7. The Morgan fingerprint density at radius 3 is 2.58 bits per heavy atom. The summed E-state index contributed by atoms with van der Waals surface area (Å²) in [6.07, 6.45) is 0.900. The summed E-state index contributed by atoms with van der Waals surface area (Å²) in [6.45, 7) is 7.17. The van der Waals surface area contributed by atoms with E-state index < -0.39 is 0 Å². The third-order valence-electron chi connectivity index (χ3n) is 3.45. The van der Waals surface area contributed by atoms with Crippen molar-refractivity contribution in [2.75, 3.05) is 6.54 Å². The Kier molecular flexibility index (Phi) is 4.72. The first-order valence-electron chi connectivity index (χ1n) is 6.63. The van der Waals surface area contributed by atoms with Gasteiger partial charge >= 0.3 is 0 Å². The van der Waals surface area contributed by atoms with Gasteiger partial charge < -0.3 is 5.32 Å². The van der Waals surface area contributed by atoms with Gasteiger partial charge in [0.2, 0.25) is 0 Å². The molecule has 1 atom stereocenters. The topological polar surface area (TPSA) is 12.0 Å². The van der Waals surface area contributed by atoms with Gasteiger partial charge in [0, 0.05) is 6.04 Å². The number of likely N-dealkylation sites (N-methyl/N-ethyl adjacent to an activating group) is 1. The molecule has 19 heavy (non-hydrogen) atoms. The molecular formula is C16H20FNS. The Morgan fingerprint density at radius 2 is 2.00 bits per heavy atom. The fourth-order valence-corrected chi connectivity index (χ4v) is 3.28. The highest BCUT2D eigenvalue weighted by Crippen LogP contribution is 2.26. The zero-order valence-corrected chi connectivity index (χ0v) is 12.5. The fraction of sp³-hybridized carbons (Fsp3) is 0.375. The summed E-state index contributed by atoms with van der Waals surface area (Å²) in [5.74, 6) is -0.159. The minimum absolute atomic E-state index is 0.159. The average Bonchev–Trinajstić information content (AvgIpc) is 2.78. The number of benzene rings is 1. The third-order valence-corrected chi connectivity index (χ3v) is 4.33. The number of hydrogen-bond acceptors (Lipinski definition) is 2. The van der Waals surface area contributed by atoms with E-state index in [1.807, 2.05) is 13.0 Å². The van der Waals surface area contributed by atoms with Crippen LogP contribution in [0.1, 0.15) is 35.2 Å². The highest BCUT2D eigenvalue weighted by molar-refractivity contribution is 7.08. The Hall–Kier alpha value is -1.19. The molecule has 2 aromatic rings. The van der Waals surface area contributed by atoms with Gasteiger partial charge in [-0.1, -0.05) is 13.0 Å². The van der Waals surface area contributed by atoms with Crippen molar-refractivity contribution in [1.82, 2.24) is 5.32 Å². The Bertz CT molecular complexity index is 547. The van der Waals surface area contributed by atoms with Gasteiger partial charge in [0.15, 0.2) is 0 Å². The van der Waals surface area contributed by atoms with Crippen LogP contribution in [-0.2, 0) is 6.42 Å². The standard InChI is InChI=1S/C16H20FNS/c1-4-18-16(15-10-19-9-12(15)3)8-13-5-6-14(17)7-11(13)2/h5-7,9-10,16,18H,4,8H2,1-3H3. The van der Waals surface area contributed by atoms with E-state index in [2.05, 4.69) is 29.9 Å². The molecule has 0 fully saturated rings. The summed E-state index contributed by atoms with van der Waals surface area (Å²) in [5, 5.41) is 7.92. The van der Waals surface area contributed by atoms with Crippen molar-refractivity contribution in [3.05, 3.63) is 57.0 Å². The lowest BCUT2D eigenvalue weighted by Gasteiger charge is -2.19. The maximum atomic E-state index is 13.2. The fourth-order valence-electron chi connectivity index (χ4n) is 2.37. The van der Waals surface area contributed by atoms with Crippen LogP contribution >= 0.6 is 11.3 Å². The van der Waals surface area contributed by atoms with Crippen LogP contribution in [-0.4, -0.2) is 6.54 Å². The smallest absolute Gasteiger partial charge is 0.123 e. The molecule has 1 N–H and O–H groups in total. The molecule has 1 unspecified atom stereocenters. The molecule has 0 amide bonds. The summed E-state index contributed by atoms with van der Waals surface area (Å²) in [6, 6.07) is 5.36. The third kappa shape index (κ3) is 3.43. The monoisotopic (exact) mass is 277 g/mol. The molecule has 0 saturated carbocycles. The van der Waals surface area contributed by atoms with Gasteiger partial charge in [-0.05, 0) is 72.0 Å². The van der Waals surface area contributed by atoms with Gasteiger partial charge in [-0.25, -0.2) is 4.39 Å². The zero-order chi connectivity index (χ0) is 13.8. The van der Waals surface area contributed by atoms with E-state index in [1.165, 1.54) is 16.7 Å². The maximum absolute atomic E-state index is 13.2. The molecule has 1 heterocycles. The SMILES string of the molecule is CCNC(Cc1ccc(F)cc1C)c1cscc1C. The van der Waals surface area contributed by atoms with Crippen LogP contribution in [0.25, 0.3) is 0 Å². The molecule has 3 heteroatoms. The molecule has 0 spiro atoms. The summed E-state index contributed by atoms with van der Waals surface area (Å²) in [4.78, 5) is 0. The molecule has 0 aliphatic rings. The van der Waals surface area contributed by atoms with Crippen molar-refractivity contribution in [2.24, 2.45) is 0 Å². The van der Waals surface area contributed by atoms with E-state index >= 15 is 0 Å². The maximum Gasteiger partial charge on any atom is 0.123 e. The molecule has 0 aliphatic carbocycles. The number of hydrogen-bond donors (Lipinski definition) is 1. The van der Waals surface area contributed by atoms with Crippen molar-refractivity contribution < 1.29 is 4.39 Å². The number of aryl methyl sites for hydroxylation is 2. The lowest BCUT2D eigenvalue weighted by atomic mass is 9.96. The second-order valence-electron chi connectivity index (χ2n) is 4.90. The van der Waals surface area contributed by atoms with Crippen molar-refractivity contribution in [2.45, 2.75) is 33.2 Å². The minimum Gasteiger partial charge on any atom is -0.310 e. The summed E-state index contributed by atoms with van der Waals surface area (Å²) < 4.78 is 13.2. The van der Waals surface area contributed by atoms with Gasteiger partial charge in [-0.2, -0.15) is 11.3 Å². The van der Waals surface area contributed by atoms with Gasteiger partial charge in [-0.3, -0.25) is 0 Å². The van der Waals surface area contributed by atoms with E-state index in [4.69, 9.17) is 0 Å². The van der Waals surface area contributed by atoms with E-state index in [9.17, 15) is 4.39 Å². The van der Waals surface area contributed by atoms with Crippen molar-refractivity contribution >= 4 is 11.3 Å². The van der Waals surface area contributed by atoms with Crippen LogP contribution in [0.4, 0.5) is 4.39 Å². The first-order chi connectivity index (χ1) is 9.11. The second kappa shape index (κ2) is 6.31. The molecule has 1 aromatic carbocycles. The number of thiophene rings is 1. The minimum atomic E-state index is -0.159. The van der Waals surface area contributed by atoms with Gasteiger partial charge in [0.1, 0.15) is 5.82 Å². The molecular weight excluding hydrogens is 257 g/mol. The number of nitrogens with one attached hydrogen (secondary N) is 1. The molecule has 0 bridgehead atoms. The molecule has 0 saturated heterocycles.